The van der Waals surface area contributed by atoms with Crippen LogP contribution in [0.2, 0.25) is 5.02 Å². The molecule has 0 radical (unpaired) electrons. The lowest BCUT2D eigenvalue weighted by atomic mass is 10.1. The van der Waals surface area contributed by atoms with Gasteiger partial charge in [0.1, 0.15) is 0 Å². The Labute approximate surface area is 140 Å². The first-order valence-corrected chi connectivity index (χ1v) is 6.89. The molecule has 0 unspecified atom stereocenters. The summed E-state index contributed by atoms with van der Waals surface area (Å²) in [5.74, 6) is -0.468. The molecule has 1 aromatic carbocycles. The number of hydrogen-bond donors (Lipinski definition) is 1. The first kappa shape index (κ1) is 17.7. The molecule has 0 aliphatic heterocycles. The van der Waals surface area contributed by atoms with Gasteiger partial charge in [-0.3, -0.25) is 5.43 Å². The van der Waals surface area contributed by atoms with Gasteiger partial charge in [-0.2, -0.15) is 18.3 Å². The van der Waals surface area contributed by atoms with E-state index >= 15 is 0 Å². The lowest BCUT2D eigenvalue weighted by Gasteiger charge is -2.08. The second-order valence-corrected chi connectivity index (χ2v) is 4.94. The smallest absolute Gasteiger partial charge is 0.417 e. The Balaban J connectivity index is 2.05. The van der Waals surface area contributed by atoms with Crippen molar-refractivity contribution in [1.82, 2.24) is 4.98 Å². The first-order valence-electron chi connectivity index (χ1n) is 6.51. The zero-order chi connectivity index (χ0) is 17.7. The molecule has 0 bridgehead atoms. The van der Waals surface area contributed by atoms with Crippen LogP contribution in [0.3, 0.4) is 0 Å². The molecule has 1 aromatic heterocycles. The third kappa shape index (κ3) is 4.45. The lowest BCUT2D eigenvalue weighted by Crippen LogP contribution is -2.06. The number of alkyl halides is 3. The zero-order valence-corrected chi connectivity index (χ0v) is 13.0. The Morgan fingerprint density at radius 1 is 1.33 bits per heavy atom. The van der Waals surface area contributed by atoms with Crippen LogP contribution < -0.4 is 5.43 Å². The Hall–Kier alpha value is -2.61. The third-order valence-corrected chi connectivity index (χ3v) is 3.17. The quantitative estimate of drug-likeness (QED) is 0.510. The minimum absolute atomic E-state index is 0.00732. The molecule has 9 heteroatoms. The maximum absolute atomic E-state index is 12.5. The van der Waals surface area contributed by atoms with Gasteiger partial charge in [0.25, 0.3) is 0 Å². The number of pyridine rings is 1. The Morgan fingerprint density at radius 3 is 2.54 bits per heavy atom. The zero-order valence-electron chi connectivity index (χ0n) is 12.3. The molecule has 0 amide bonds. The molecule has 24 heavy (non-hydrogen) atoms. The van der Waals surface area contributed by atoms with Crippen molar-refractivity contribution < 1.29 is 22.7 Å². The number of esters is 1. The van der Waals surface area contributed by atoms with E-state index in [-0.39, 0.29) is 10.8 Å². The van der Waals surface area contributed by atoms with Crippen molar-refractivity contribution in [2.75, 3.05) is 12.5 Å². The molecule has 1 heterocycles. The number of methoxy groups -OCH3 is 1. The van der Waals surface area contributed by atoms with E-state index in [9.17, 15) is 18.0 Å². The molecule has 5 nitrogen and oxygen atoms in total. The molecule has 2 aromatic rings. The van der Waals surface area contributed by atoms with Crippen molar-refractivity contribution in [3.8, 4) is 0 Å². The van der Waals surface area contributed by atoms with Gasteiger partial charge in [-0.15, -0.1) is 0 Å². The number of nitrogens with zero attached hydrogens (tertiary/aromatic N) is 2. The van der Waals surface area contributed by atoms with Gasteiger partial charge in [0.2, 0.25) is 0 Å². The van der Waals surface area contributed by atoms with Crippen LogP contribution in [0.15, 0.2) is 41.6 Å². The van der Waals surface area contributed by atoms with Crippen molar-refractivity contribution in [2.24, 2.45) is 5.10 Å². The van der Waals surface area contributed by atoms with Crippen LogP contribution >= 0.6 is 11.6 Å². The lowest BCUT2D eigenvalue weighted by molar-refractivity contribution is -0.137. The maximum atomic E-state index is 12.5. The maximum Gasteiger partial charge on any atom is 0.417 e. The summed E-state index contributed by atoms with van der Waals surface area (Å²) in [6, 6.07) is 7.11. The number of rotatable bonds is 4. The second-order valence-electron chi connectivity index (χ2n) is 4.54. The van der Waals surface area contributed by atoms with E-state index in [1.807, 2.05) is 0 Å². The van der Waals surface area contributed by atoms with Gasteiger partial charge >= 0.3 is 12.1 Å². The van der Waals surface area contributed by atoms with Crippen molar-refractivity contribution in [2.45, 2.75) is 6.18 Å². The van der Waals surface area contributed by atoms with Gasteiger partial charge in [0.15, 0.2) is 5.82 Å². The van der Waals surface area contributed by atoms with Crippen LogP contribution in [0, 0.1) is 0 Å². The summed E-state index contributed by atoms with van der Waals surface area (Å²) in [7, 11) is 1.28. The average Bonchev–Trinajstić information content (AvgIpc) is 2.55. The van der Waals surface area contributed by atoms with Crippen molar-refractivity contribution in [3.63, 3.8) is 0 Å². The van der Waals surface area contributed by atoms with Crippen LogP contribution in [0.25, 0.3) is 0 Å². The Morgan fingerprint density at radius 2 is 2.00 bits per heavy atom. The number of halogens is 4. The summed E-state index contributed by atoms with van der Waals surface area (Å²) in [5, 5.41) is 3.63. The summed E-state index contributed by atoms with van der Waals surface area (Å²) in [6.45, 7) is 0. The van der Waals surface area contributed by atoms with E-state index in [1.54, 1.807) is 24.3 Å². The molecule has 1 N–H and O–H groups in total. The monoisotopic (exact) mass is 357 g/mol. The fourth-order valence-corrected chi connectivity index (χ4v) is 1.87. The average molecular weight is 358 g/mol. The predicted octanol–water partition coefficient (Wildman–Crippen LogP) is 3.99. The number of benzene rings is 1. The van der Waals surface area contributed by atoms with Gasteiger partial charge in [0, 0.05) is 6.20 Å². The molecule has 0 fully saturated rings. The highest BCUT2D eigenvalue weighted by Crippen LogP contribution is 2.32. The fourth-order valence-electron chi connectivity index (χ4n) is 1.67. The fraction of sp³-hybridized carbons (Fsp3) is 0.133. The number of hydrazone groups is 1. The highest BCUT2D eigenvalue weighted by atomic mass is 35.5. The minimum atomic E-state index is -4.51. The molecule has 0 saturated heterocycles. The molecule has 0 aliphatic rings. The summed E-state index contributed by atoms with van der Waals surface area (Å²) < 4.78 is 42.1. The highest BCUT2D eigenvalue weighted by Gasteiger charge is 2.31. The standard InChI is InChI=1S/C15H11ClF3N3O2/c1-24-14(23)10-4-2-9(3-5-10)7-21-22-13-12(16)6-11(8-20-13)15(17,18)19/h2-8H,1H3,(H,20,22). The van der Waals surface area contributed by atoms with E-state index in [2.05, 4.69) is 20.2 Å². The van der Waals surface area contributed by atoms with Crippen molar-refractivity contribution in [1.29, 1.82) is 0 Å². The van der Waals surface area contributed by atoms with E-state index in [0.717, 1.165) is 6.07 Å². The number of aromatic nitrogens is 1. The molecule has 0 saturated carbocycles. The Kier molecular flexibility index (Phi) is 5.40. The summed E-state index contributed by atoms with van der Waals surface area (Å²) >= 11 is 5.74. The van der Waals surface area contributed by atoms with Crippen molar-refractivity contribution in [3.05, 3.63) is 58.2 Å². The van der Waals surface area contributed by atoms with E-state index in [0.29, 0.717) is 17.3 Å². The van der Waals surface area contributed by atoms with Gasteiger partial charge < -0.3 is 4.74 Å². The third-order valence-electron chi connectivity index (χ3n) is 2.88. The van der Waals surface area contributed by atoms with Crippen LogP contribution in [0.1, 0.15) is 21.5 Å². The summed E-state index contributed by atoms with van der Waals surface area (Å²) in [6.07, 6.45) is -2.45. The van der Waals surface area contributed by atoms with Gasteiger partial charge in [-0.25, -0.2) is 9.78 Å². The number of anilines is 1. The van der Waals surface area contributed by atoms with E-state index < -0.39 is 17.7 Å². The van der Waals surface area contributed by atoms with Crippen molar-refractivity contribution >= 4 is 29.6 Å². The Bertz CT molecular complexity index is 762. The SMILES string of the molecule is COC(=O)c1ccc(C=NNc2ncc(C(F)(F)F)cc2Cl)cc1. The second kappa shape index (κ2) is 7.31. The van der Waals surface area contributed by atoms with Gasteiger partial charge in [-0.05, 0) is 23.8 Å². The highest BCUT2D eigenvalue weighted by molar-refractivity contribution is 6.32. The number of carbonyl (C=O) groups is 1. The van der Waals surface area contributed by atoms with Crippen LogP contribution in [-0.2, 0) is 10.9 Å². The minimum Gasteiger partial charge on any atom is -0.465 e. The molecule has 0 aliphatic carbocycles. The molecular formula is C15H11ClF3N3O2. The first-order chi connectivity index (χ1) is 11.3. The normalized spacial score (nSPS) is 11.5. The van der Waals surface area contributed by atoms with E-state index in [1.165, 1.54) is 13.3 Å². The number of nitrogens with one attached hydrogen (secondary N) is 1. The molecule has 0 spiro atoms. The van der Waals surface area contributed by atoms with Gasteiger partial charge in [0.05, 0.1) is 29.5 Å². The topological polar surface area (TPSA) is 63.6 Å². The number of hydrogen-bond acceptors (Lipinski definition) is 5. The van der Waals surface area contributed by atoms with Crippen LogP contribution in [0.5, 0.6) is 0 Å². The molecule has 0 atom stereocenters. The van der Waals surface area contributed by atoms with Crippen LogP contribution in [-0.4, -0.2) is 24.3 Å². The number of ether oxygens (including phenoxy) is 1. The molecule has 126 valence electrons. The predicted molar refractivity (Wildman–Crippen MR) is 83.2 cm³/mol. The molecular weight excluding hydrogens is 347 g/mol. The number of carbonyl (C=O) groups excluding carboxylic acids is 1. The van der Waals surface area contributed by atoms with Crippen LogP contribution in [0.4, 0.5) is 19.0 Å². The largest absolute Gasteiger partial charge is 0.465 e. The van der Waals surface area contributed by atoms with Gasteiger partial charge in [-0.1, -0.05) is 23.7 Å². The summed E-state index contributed by atoms with van der Waals surface area (Å²) in [5.41, 5.74) is 2.55. The molecule has 2 rings (SSSR count). The summed E-state index contributed by atoms with van der Waals surface area (Å²) in [4.78, 5) is 14.9. The van der Waals surface area contributed by atoms with E-state index in [4.69, 9.17) is 11.6 Å².